The van der Waals surface area contributed by atoms with Crippen molar-refractivity contribution in [3.8, 4) is 5.75 Å². The molecule has 1 saturated heterocycles. The van der Waals surface area contributed by atoms with E-state index in [1.165, 1.54) is 11.0 Å². The van der Waals surface area contributed by atoms with Crippen molar-refractivity contribution in [1.82, 2.24) is 10.2 Å². The SMILES string of the molecule is O=C1NC(=O)N([C@@H]2C[C@H]3CC[C@H]2C3)C(=O)/C1=C\c1ccccc1OC(=O)c1ccccc1. The van der Waals surface area contributed by atoms with Crippen LogP contribution >= 0.6 is 0 Å². The maximum absolute atomic E-state index is 13.2. The molecule has 3 fully saturated rings. The van der Waals surface area contributed by atoms with E-state index in [1.54, 1.807) is 54.6 Å². The predicted octanol–water partition coefficient (Wildman–Crippen LogP) is 3.56. The zero-order chi connectivity index (χ0) is 22.2. The normalized spacial score (nSPS) is 25.9. The molecule has 2 saturated carbocycles. The fraction of sp³-hybridized carbons (Fsp3) is 0.280. The maximum atomic E-state index is 13.2. The van der Waals surface area contributed by atoms with Gasteiger partial charge in [0.05, 0.1) is 5.56 Å². The number of imide groups is 2. The van der Waals surface area contributed by atoms with Crippen molar-refractivity contribution >= 4 is 29.9 Å². The highest BCUT2D eigenvalue weighted by atomic mass is 16.5. The molecule has 2 aromatic carbocycles. The van der Waals surface area contributed by atoms with Crippen LogP contribution < -0.4 is 10.1 Å². The summed E-state index contributed by atoms with van der Waals surface area (Å²) in [7, 11) is 0. The van der Waals surface area contributed by atoms with Crippen LogP contribution in [0.4, 0.5) is 4.79 Å². The molecule has 0 spiro atoms. The van der Waals surface area contributed by atoms with E-state index in [0.717, 1.165) is 25.7 Å². The summed E-state index contributed by atoms with van der Waals surface area (Å²) in [6, 6.07) is 14.4. The summed E-state index contributed by atoms with van der Waals surface area (Å²) >= 11 is 0. The molecule has 2 aromatic rings. The molecule has 5 rings (SSSR count). The smallest absolute Gasteiger partial charge is 0.343 e. The minimum Gasteiger partial charge on any atom is -0.422 e. The number of hydrogen-bond donors (Lipinski definition) is 1. The summed E-state index contributed by atoms with van der Waals surface area (Å²) < 4.78 is 5.52. The molecule has 2 aliphatic carbocycles. The third-order valence-electron chi connectivity index (χ3n) is 6.60. The maximum Gasteiger partial charge on any atom is 0.343 e. The van der Waals surface area contributed by atoms with Crippen molar-refractivity contribution in [2.45, 2.75) is 31.7 Å². The summed E-state index contributed by atoms with van der Waals surface area (Å²) in [6.07, 6.45) is 5.33. The van der Waals surface area contributed by atoms with E-state index in [9.17, 15) is 19.2 Å². The number of amides is 4. The van der Waals surface area contributed by atoms with Crippen molar-refractivity contribution in [2.75, 3.05) is 0 Å². The van der Waals surface area contributed by atoms with E-state index in [1.807, 2.05) is 0 Å². The minimum absolute atomic E-state index is 0.143. The minimum atomic E-state index is -0.747. The highest BCUT2D eigenvalue weighted by Crippen LogP contribution is 2.47. The number of carbonyl (C=O) groups excluding carboxylic acids is 4. The quantitative estimate of drug-likeness (QED) is 0.347. The number of esters is 1. The van der Waals surface area contributed by atoms with Gasteiger partial charge in [-0.05, 0) is 55.4 Å². The Labute approximate surface area is 185 Å². The molecule has 2 bridgehead atoms. The van der Waals surface area contributed by atoms with Gasteiger partial charge in [-0.3, -0.25) is 19.8 Å². The number of nitrogens with zero attached hydrogens (tertiary/aromatic N) is 1. The van der Waals surface area contributed by atoms with Crippen LogP contribution in [0.3, 0.4) is 0 Å². The van der Waals surface area contributed by atoms with Gasteiger partial charge in [0, 0.05) is 11.6 Å². The Morgan fingerprint density at radius 2 is 1.72 bits per heavy atom. The highest BCUT2D eigenvalue weighted by Gasteiger charge is 2.49. The number of urea groups is 1. The first kappa shape index (κ1) is 20.2. The zero-order valence-corrected chi connectivity index (χ0v) is 17.3. The van der Waals surface area contributed by atoms with Gasteiger partial charge >= 0.3 is 12.0 Å². The van der Waals surface area contributed by atoms with Gasteiger partial charge in [-0.15, -0.1) is 0 Å². The van der Waals surface area contributed by atoms with Crippen LogP contribution in [0.25, 0.3) is 6.08 Å². The van der Waals surface area contributed by atoms with Crippen molar-refractivity contribution in [2.24, 2.45) is 11.8 Å². The van der Waals surface area contributed by atoms with Crippen LogP contribution in [0, 0.1) is 11.8 Å². The summed E-state index contributed by atoms with van der Waals surface area (Å²) in [6.45, 7) is 0. The van der Waals surface area contributed by atoms with Crippen molar-refractivity contribution in [1.29, 1.82) is 0 Å². The number of ether oxygens (including phenoxy) is 1. The van der Waals surface area contributed by atoms with Gasteiger partial charge in [0.2, 0.25) is 0 Å². The number of barbiturate groups is 1. The van der Waals surface area contributed by atoms with E-state index < -0.39 is 23.8 Å². The lowest BCUT2D eigenvalue weighted by atomic mass is 9.93. The largest absolute Gasteiger partial charge is 0.422 e. The number of carbonyl (C=O) groups is 4. The van der Waals surface area contributed by atoms with E-state index in [0.29, 0.717) is 23.0 Å². The number of fused-ring (bicyclic) bond motifs is 2. The molecular weight excluding hydrogens is 408 g/mol. The Hall–Kier alpha value is -3.74. The Morgan fingerprint density at radius 3 is 2.44 bits per heavy atom. The summed E-state index contributed by atoms with van der Waals surface area (Å²) in [5.74, 6) is -0.839. The molecule has 1 N–H and O–H groups in total. The first-order valence-corrected chi connectivity index (χ1v) is 10.8. The average molecular weight is 430 g/mol. The van der Waals surface area contributed by atoms with Gasteiger partial charge in [-0.1, -0.05) is 42.8 Å². The zero-order valence-electron chi connectivity index (χ0n) is 17.3. The summed E-state index contributed by atoms with van der Waals surface area (Å²) in [5.41, 5.74) is 0.641. The third-order valence-corrected chi connectivity index (χ3v) is 6.60. The van der Waals surface area contributed by atoms with Gasteiger partial charge in [-0.25, -0.2) is 9.59 Å². The second-order valence-corrected chi connectivity index (χ2v) is 8.53. The Morgan fingerprint density at radius 1 is 0.969 bits per heavy atom. The van der Waals surface area contributed by atoms with Crippen LogP contribution in [-0.2, 0) is 9.59 Å². The Bertz CT molecular complexity index is 1140. The Balaban J connectivity index is 1.44. The van der Waals surface area contributed by atoms with Gasteiger partial charge in [0.25, 0.3) is 11.8 Å². The van der Waals surface area contributed by atoms with Gasteiger partial charge in [0.15, 0.2) is 0 Å². The first-order valence-electron chi connectivity index (χ1n) is 10.8. The predicted molar refractivity (Wildman–Crippen MR) is 115 cm³/mol. The molecule has 0 aromatic heterocycles. The number of nitrogens with one attached hydrogen (secondary N) is 1. The monoisotopic (exact) mass is 430 g/mol. The number of para-hydroxylation sites is 1. The summed E-state index contributed by atoms with van der Waals surface area (Å²) in [4.78, 5) is 52.0. The van der Waals surface area contributed by atoms with E-state index in [-0.39, 0.29) is 17.4 Å². The number of rotatable bonds is 4. The lowest BCUT2D eigenvalue weighted by molar-refractivity contribution is -0.132. The number of benzene rings is 2. The molecule has 7 nitrogen and oxygen atoms in total. The van der Waals surface area contributed by atoms with E-state index in [4.69, 9.17) is 4.74 Å². The lowest BCUT2D eigenvalue weighted by Gasteiger charge is -2.35. The fourth-order valence-corrected chi connectivity index (χ4v) is 5.08. The van der Waals surface area contributed by atoms with Gasteiger partial charge in [0.1, 0.15) is 11.3 Å². The second-order valence-electron chi connectivity index (χ2n) is 8.53. The molecule has 7 heteroatoms. The molecule has 3 aliphatic rings. The third kappa shape index (κ3) is 3.60. The van der Waals surface area contributed by atoms with Gasteiger partial charge < -0.3 is 4.74 Å². The molecule has 1 aliphatic heterocycles. The van der Waals surface area contributed by atoms with Crippen LogP contribution in [0.15, 0.2) is 60.2 Å². The molecule has 0 radical (unpaired) electrons. The fourth-order valence-electron chi connectivity index (χ4n) is 5.08. The van der Waals surface area contributed by atoms with Crippen LogP contribution in [-0.4, -0.2) is 34.8 Å². The topological polar surface area (TPSA) is 92.8 Å². The standard InChI is InChI=1S/C25H22N2O5/c28-22-19(23(29)27(25(31)26-22)20-13-15-10-11-17(20)12-15)14-18-8-4-5-9-21(18)32-24(30)16-6-2-1-3-7-16/h1-9,14-15,17,20H,10-13H2,(H,26,28,31)/b19-14-/t15-,17-,20+/m0/s1. The van der Waals surface area contributed by atoms with Gasteiger partial charge in [-0.2, -0.15) is 0 Å². The van der Waals surface area contributed by atoms with E-state index >= 15 is 0 Å². The van der Waals surface area contributed by atoms with Crippen molar-refractivity contribution in [3.63, 3.8) is 0 Å². The molecule has 4 amide bonds. The lowest BCUT2D eigenvalue weighted by Crippen LogP contribution is -2.58. The highest BCUT2D eigenvalue weighted by molar-refractivity contribution is 6.31. The van der Waals surface area contributed by atoms with Crippen LogP contribution in [0.5, 0.6) is 5.75 Å². The molecule has 1 heterocycles. The van der Waals surface area contributed by atoms with E-state index in [2.05, 4.69) is 5.32 Å². The average Bonchev–Trinajstić information content (AvgIpc) is 3.42. The molecular formula is C25H22N2O5. The van der Waals surface area contributed by atoms with Crippen molar-refractivity contribution < 1.29 is 23.9 Å². The Kier molecular flexibility index (Phi) is 5.09. The molecule has 32 heavy (non-hydrogen) atoms. The molecule has 162 valence electrons. The van der Waals surface area contributed by atoms with Crippen LogP contribution in [0.1, 0.15) is 41.6 Å². The van der Waals surface area contributed by atoms with Crippen molar-refractivity contribution in [3.05, 3.63) is 71.3 Å². The second kappa shape index (κ2) is 8.07. The summed E-state index contributed by atoms with van der Waals surface area (Å²) in [5, 5.41) is 2.30. The first-order chi connectivity index (χ1) is 15.5. The number of hydrogen-bond acceptors (Lipinski definition) is 5. The molecule has 0 unspecified atom stereocenters. The van der Waals surface area contributed by atoms with Crippen LogP contribution in [0.2, 0.25) is 0 Å². The molecule has 3 atom stereocenters.